The van der Waals surface area contributed by atoms with Crippen LogP contribution in [0, 0.1) is 0 Å². The topological polar surface area (TPSA) is 67.8 Å². The van der Waals surface area contributed by atoms with Gasteiger partial charge in [-0.3, -0.25) is 0 Å². The zero-order chi connectivity index (χ0) is 16.1. The number of cyclic esters (lactones) is 1. The van der Waals surface area contributed by atoms with Crippen molar-refractivity contribution in [2.45, 2.75) is 44.1 Å². The SMILES string of the molecule is O=C1NC[C@@H](c2ccc3c(c2)CCC(OCCO)C3)CCCO1. The Bertz CT molecular complexity index is 546. The van der Waals surface area contributed by atoms with E-state index in [0.717, 1.165) is 32.1 Å². The first-order valence-corrected chi connectivity index (χ1v) is 8.51. The number of carbonyl (C=O) groups excluding carboxylic acids is 1. The molecule has 1 saturated heterocycles. The Hall–Kier alpha value is -1.59. The molecule has 126 valence electrons. The smallest absolute Gasteiger partial charge is 0.407 e. The molecular formula is C18H25NO4. The predicted octanol–water partition coefficient (Wildman–Crippen LogP) is 2.16. The Labute approximate surface area is 137 Å². The number of aliphatic hydroxyl groups is 1. The Morgan fingerprint density at radius 3 is 3.09 bits per heavy atom. The van der Waals surface area contributed by atoms with Gasteiger partial charge in [-0.05, 0) is 48.8 Å². The van der Waals surface area contributed by atoms with Crippen molar-refractivity contribution < 1.29 is 19.4 Å². The van der Waals surface area contributed by atoms with Gasteiger partial charge in [-0.1, -0.05) is 18.2 Å². The van der Waals surface area contributed by atoms with Crippen LogP contribution in [0.25, 0.3) is 0 Å². The second-order valence-electron chi connectivity index (χ2n) is 6.34. The first kappa shape index (κ1) is 16.3. The summed E-state index contributed by atoms with van der Waals surface area (Å²) >= 11 is 0. The fraction of sp³-hybridized carbons (Fsp3) is 0.611. The van der Waals surface area contributed by atoms with E-state index in [1.807, 2.05) is 0 Å². The normalized spacial score (nSPS) is 24.8. The molecule has 0 aromatic heterocycles. The maximum Gasteiger partial charge on any atom is 0.407 e. The molecule has 0 spiro atoms. The molecule has 1 fully saturated rings. The number of hydrogen-bond donors (Lipinski definition) is 2. The van der Waals surface area contributed by atoms with Crippen LogP contribution < -0.4 is 5.32 Å². The van der Waals surface area contributed by atoms with E-state index in [1.165, 1.54) is 16.7 Å². The number of nitrogens with one attached hydrogen (secondary N) is 1. The zero-order valence-electron chi connectivity index (χ0n) is 13.4. The van der Waals surface area contributed by atoms with E-state index in [1.54, 1.807) is 0 Å². The second kappa shape index (κ2) is 7.79. The molecular weight excluding hydrogens is 294 g/mol. The van der Waals surface area contributed by atoms with Crippen molar-refractivity contribution in [3.63, 3.8) is 0 Å². The number of amides is 1. The van der Waals surface area contributed by atoms with Gasteiger partial charge in [-0.15, -0.1) is 0 Å². The summed E-state index contributed by atoms with van der Waals surface area (Å²) in [5.74, 6) is 0.358. The van der Waals surface area contributed by atoms with Gasteiger partial charge < -0.3 is 19.9 Å². The van der Waals surface area contributed by atoms with Crippen LogP contribution in [0.5, 0.6) is 0 Å². The molecule has 5 nitrogen and oxygen atoms in total. The van der Waals surface area contributed by atoms with Crippen LogP contribution in [0.15, 0.2) is 18.2 Å². The lowest BCUT2D eigenvalue weighted by atomic mass is 9.85. The van der Waals surface area contributed by atoms with E-state index in [0.29, 0.717) is 25.7 Å². The number of fused-ring (bicyclic) bond motifs is 1. The predicted molar refractivity (Wildman–Crippen MR) is 86.6 cm³/mol. The van der Waals surface area contributed by atoms with Gasteiger partial charge in [0.1, 0.15) is 0 Å². The average molecular weight is 319 g/mol. The minimum absolute atomic E-state index is 0.0827. The number of ether oxygens (including phenoxy) is 2. The third kappa shape index (κ3) is 4.24. The van der Waals surface area contributed by atoms with Crippen molar-refractivity contribution in [1.29, 1.82) is 0 Å². The lowest BCUT2D eigenvalue weighted by molar-refractivity contribution is 0.0216. The molecule has 1 amide bonds. The molecule has 5 heteroatoms. The van der Waals surface area contributed by atoms with E-state index in [4.69, 9.17) is 14.6 Å². The van der Waals surface area contributed by atoms with Crippen LogP contribution in [-0.2, 0) is 22.3 Å². The summed E-state index contributed by atoms with van der Waals surface area (Å²) in [5.41, 5.74) is 4.05. The second-order valence-corrected chi connectivity index (χ2v) is 6.34. The minimum atomic E-state index is -0.309. The summed E-state index contributed by atoms with van der Waals surface area (Å²) in [4.78, 5) is 11.4. The Balaban J connectivity index is 1.67. The number of rotatable bonds is 4. The van der Waals surface area contributed by atoms with E-state index >= 15 is 0 Å². The third-order valence-electron chi connectivity index (χ3n) is 4.75. The van der Waals surface area contributed by atoms with Gasteiger partial charge in [-0.25, -0.2) is 4.79 Å². The van der Waals surface area contributed by atoms with Crippen molar-refractivity contribution in [2.24, 2.45) is 0 Å². The maximum atomic E-state index is 11.4. The average Bonchev–Trinajstić information content (AvgIpc) is 2.56. The zero-order valence-corrected chi connectivity index (χ0v) is 13.4. The number of aliphatic hydroxyl groups excluding tert-OH is 1. The fourth-order valence-corrected chi connectivity index (χ4v) is 3.50. The summed E-state index contributed by atoms with van der Waals surface area (Å²) < 4.78 is 10.7. The highest BCUT2D eigenvalue weighted by Crippen LogP contribution is 2.29. The minimum Gasteiger partial charge on any atom is -0.450 e. The molecule has 1 aromatic carbocycles. The van der Waals surface area contributed by atoms with Crippen LogP contribution >= 0.6 is 0 Å². The van der Waals surface area contributed by atoms with E-state index < -0.39 is 0 Å². The number of alkyl carbamates (subject to hydrolysis) is 1. The molecule has 0 radical (unpaired) electrons. The lowest BCUT2D eigenvalue weighted by Gasteiger charge is -2.27. The summed E-state index contributed by atoms with van der Waals surface area (Å²) in [6.07, 6.45) is 4.79. The molecule has 2 N–H and O–H groups in total. The molecule has 1 aromatic rings. The number of benzene rings is 1. The highest BCUT2D eigenvalue weighted by atomic mass is 16.5. The number of carbonyl (C=O) groups is 1. The van der Waals surface area contributed by atoms with Crippen LogP contribution in [-0.4, -0.2) is 43.7 Å². The number of aryl methyl sites for hydroxylation is 1. The van der Waals surface area contributed by atoms with E-state index in [9.17, 15) is 4.79 Å². The van der Waals surface area contributed by atoms with Gasteiger partial charge in [0.05, 0.1) is 25.9 Å². The van der Waals surface area contributed by atoms with Crippen LogP contribution in [0.3, 0.4) is 0 Å². The number of hydrogen-bond acceptors (Lipinski definition) is 4. The van der Waals surface area contributed by atoms with Crippen LogP contribution in [0.2, 0.25) is 0 Å². The first-order chi connectivity index (χ1) is 11.3. The highest BCUT2D eigenvalue weighted by molar-refractivity contribution is 5.67. The van der Waals surface area contributed by atoms with Gasteiger partial charge in [0, 0.05) is 12.5 Å². The first-order valence-electron chi connectivity index (χ1n) is 8.51. The molecule has 1 aliphatic carbocycles. The summed E-state index contributed by atoms with van der Waals surface area (Å²) in [6, 6.07) is 6.69. The molecule has 23 heavy (non-hydrogen) atoms. The van der Waals surface area contributed by atoms with Crippen molar-refractivity contribution in [3.05, 3.63) is 34.9 Å². The van der Waals surface area contributed by atoms with E-state index in [2.05, 4.69) is 23.5 Å². The summed E-state index contributed by atoms with van der Waals surface area (Å²) in [7, 11) is 0. The molecule has 3 rings (SSSR count). The van der Waals surface area contributed by atoms with Crippen molar-refractivity contribution in [3.8, 4) is 0 Å². The fourth-order valence-electron chi connectivity index (χ4n) is 3.50. The molecule has 0 saturated carbocycles. The molecule has 1 heterocycles. The van der Waals surface area contributed by atoms with Gasteiger partial charge in [0.15, 0.2) is 0 Å². The van der Waals surface area contributed by atoms with Gasteiger partial charge in [-0.2, -0.15) is 0 Å². The van der Waals surface area contributed by atoms with E-state index in [-0.39, 0.29) is 18.8 Å². The van der Waals surface area contributed by atoms with Gasteiger partial charge in [0.25, 0.3) is 0 Å². The standard InChI is InChI=1S/C18H25NO4/c20-7-9-22-17-6-5-13-10-14(3-4-15(13)11-17)16-2-1-8-23-18(21)19-12-16/h3-4,10,16-17,20H,1-2,5-9,11-12H2,(H,19,21)/t16-,17?/m0/s1. The monoisotopic (exact) mass is 319 g/mol. The largest absolute Gasteiger partial charge is 0.450 e. The van der Waals surface area contributed by atoms with Crippen molar-refractivity contribution in [2.75, 3.05) is 26.4 Å². The Morgan fingerprint density at radius 2 is 2.22 bits per heavy atom. The molecule has 0 bridgehead atoms. The Morgan fingerprint density at radius 1 is 1.30 bits per heavy atom. The van der Waals surface area contributed by atoms with Crippen LogP contribution in [0.4, 0.5) is 4.79 Å². The van der Waals surface area contributed by atoms with Crippen molar-refractivity contribution in [1.82, 2.24) is 5.32 Å². The quantitative estimate of drug-likeness (QED) is 0.892. The Kier molecular flexibility index (Phi) is 5.51. The summed E-state index contributed by atoms with van der Waals surface area (Å²) in [5, 5.41) is 11.7. The molecule has 2 aliphatic rings. The third-order valence-corrected chi connectivity index (χ3v) is 4.75. The molecule has 1 unspecified atom stereocenters. The molecule has 2 atom stereocenters. The van der Waals surface area contributed by atoms with Crippen LogP contribution in [0.1, 0.15) is 41.9 Å². The lowest BCUT2D eigenvalue weighted by Crippen LogP contribution is -2.31. The van der Waals surface area contributed by atoms with Crippen molar-refractivity contribution >= 4 is 6.09 Å². The van der Waals surface area contributed by atoms with Gasteiger partial charge >= 0.3 is 6.09 Å². The maximum absolute atomic E-state index is 11.4. The molecule has 1 aliphatic heterocycles. The van der Waals surface area contributed by atoms with Gasteiger partial charge in [0.2, 0.25) is 0 Å². The highest BCUT2D eigenvalue weighted by Gasteiger charge is 2.22. The summed E-state index contributed by atoms with van der Waals surface area (Å²) in [6.45, 7) is 1.64.